The van der Waals surface area contributed by atoms with Crippen molar-refractivity contribution in [1.29, 1.82) is 0 Å². The Morgan fingerprint density at radius 2 is 2.15 bits per heavy atom. The quantitative estimate of drug-likeness (QED) is 0.823. The van der Waals surface area contributed by atoms with Gasteiger partial charge in [0.1, 0.15) is 5.82 Å². The van der Waals surface area contributed by atoms with Crippen LogP contribution >= 0.6 is 15.9 Å². The Hall–Kier alpha value is -0.450. The summed E-state index contributed by atoms with van der Waals surface area (Å²) in [6.07, 6.45) is 4.34. The SMILES string of the molecule is CCCNC(CC1CCOCC1)c1cccc(F)c1Br. The van der Waals surface area contributed by atoms with Crippen LogP contribution in [0.5, 0.6) is 0 Å². The maximum absolute atomic E-state index is 13.7. The van der Waals surface area contributed by atoms with Crippen LogP contribution in [0.15, 0.2) is 22.7 Å². The minimum absolute atomic E-state index is 0.183. The highest BCUT2D eigenvalue weighted by Crippen LogP contribution is 2.32. The van der Waals surface area contributed by atoms with Crippen molar-refractivity contribution in [1.82, 2.24) is 5.32 Å². The first-order chi connectivity index (χ1) is 9.72. The van der Waals surface area contributed by atoms with Gasteiger partial charge in [0.05, 0.1) is 4.47 Å². The summed E-state index contributed by atoms with van der Waals surface area (Å²) >= 11 is 3.40. The molecule has 0 spiro atoms. The highest BCUT2D eigenvalue weighted by Gasteiger charge is 2.22. The maximum atomic E-state index is 13.7. The molecule has 0 bridgehead atoms. The summed E-state index contributed by atoms with van der Waals surface area (Å²) in [5.74, 6) is 0.478. The summed E-state index contributed by atoms with van der Waals surface area (Å²) in [7, 11) is 0. The monoisotopic (exact) mass is 343 g/mol. The lowest BCUT2D eigenvalue weighted by molar-refractivity contribution is 0.0605. The molecule has 112 valence electrons. The molecule has 0 amide bonds. The van der Waals surface area contributed by atoms with Crippen LogP contribution in [0.1, 0.15) is 44.2 Å². The number of nitrogens with one attached hydrogen (secondary N) is 1. The van der Waals surface area contributed by atoms with Crippen LogP contribution in [0.4, 0.5) is 4.39 Å². The first kappa shape index (κ1) is 15.9. The second-order valence-electron chi connectivity index (χ2n) is 5.44. The lowest BCUT2D eigenvalue weighted by Gasteiger charge is -2.28. The minimum atomic E-state index is -0.183. The zero-order valence-electron chi connectivity index (χ0n) is 12.0. The van der Waals surface area contributed by atoms with Gasteiger partial charge in [-0.1, -0.05) is 19.1 Å². The molecule has 0 aliphatic carbocycles. The molecule has 1 atom stereocenters. The number of hydrogen-bond donors (Lipinski definition) is 1. The lowest BCUT2D eigenvalue weighted by atomic mass is 9.89. The van der Waals surface area contributed by atoms with E-state index in [1.807, 2.05) is 6.07 Å². The third-order valence-electron chi connectivity index (χ3n) is 3.91. The van der Waals surface area contributed by atoms with Crippen LogP contribution < -0.4 is 5.32 Å². The fourth-order valence-corrected chi connectivity index (χ4v) is 3.28. The van der Waals surface area contributed by atoms with E-state index in [1.54, 1.807) is 6.07 Å². The third kappa shape index (κ3) is 4.27. The fraction of sp³-hybridized carbons (Fsp3) is 0.625. The summed E-state index contributed by atoms with van der Waals surface area (Å²) in [5, 5.41) is 3.56. The van der Waals surface area contributed by atoms with Gasteiger partial charge in [0.15, 0.2) is 0 Å². The van der Waals surface area contributed by atoms with Crippen molar-refractivity contribution in [3.8, 4) is 0 Å². The molecule has 2 nitrogen and oxygen atoms in total. The molecule has 4 heteroatoms. The Morgan fingerprint density at radius 3 is 2.85 bits per heavy atom. The van der Waals surface area contributed by atoms with Crippen LogP contribution in [0.3, 0.4) is 0 Å². The number of halogens is 2. The van der Waals surface area contributed by atoms with Crippen molar-refractivity contribution in [2.75, 3.05) is 19.8 Å². The van der Waals surface area contributed by atoms with Crippen LogP contribution in [0, 0.1) is 11.7 Å². The summed E-state index contributed by atoms with van der Waals surface area (Å²) in [6, 6.07) is 5.52. The number of hydrogen-bond acceptors (Lipinski definition) is 2. The van der Waals surface area contributed by atoms with Gasteiger partial charge in [-0.15, -0.1) is 0 Å². The number of benzene rings is 1. The number of rotatable bonds is 6. The van der Waals surface area contributed by atoms with E-state index in [0.29, 0.717) is 10.4 Å². The molecule has 1 fully saturated rings. The molecule has 1 aliphatic heterocycles. The second kappa shape index (κ2) is 8.11. The van der Waals surface area contributed by atoms with Gasteiger partial charge in [-0.05, 0) is 65.7 Å². The molecule has 1 N–H and O–H groups in total. The molecular formula is C16H23BrFNO. The topological polar surface area (TPSA) is 21.3 Å². The van der Waals surface area contributed by atoms with Crippen LogP contribution in [-0.4, -0.2) is 19.8 Å². The predicted molar refractivity (Wildman–Crippen MR) is 83.3 cm³/mol. The van der Waals surface area contributed by atoms with Crippen molar-refractivity contribution in [2.45, 2.75) is 38.6 Å². The largest absolute Gasteiger partial charge is 0.381 e. The van der Waals surface area contributed by atoms with Crippen molar-refractivity contribution in [3.05, 3.63) is 34.1 Å². The molecule has 1 saturated heterocycles. The molecule has 1 heterocycles. The van der Waals surface area contributed by atoms with Crippen LogP contribution in [0.2, 0.25) is 0 Å². The molecule has 1 unspecified atom stereocenters. The Labute approximate surface area is 129 Å². The fourth-order valence-electron chi connectivity index (χ4n) is 2.74. The number of ether oxygens (including phenoxy) is 1. The molecule has 0 radical (unpaired) electrons. The van der Waals surface area contributed by atoms with Gasteiger partial charge in [0, 0.05) is 19.3 Å². The van der Waals surface area contributed by atoms with Crippen LogP contribution in [0.25, 0.3) is 0 Å². The first-order valence-corrected chi connectivity index (χ1v) is 8.26. The molecule has 2 rings (SSSR count). The third-order valence-corrected chi connectivity index (χ3v) is 4.74. The maximum Gasteiger partial charge on any atom is 0.137 e. The van der Waals surface area contributed by atoms with E-state index in [1.165, 1.54) is 6.07 Å². The van der Waals surface area contributed by atoms with Gasteiger partial charge in [0.2, 0.25) is 0 Å². The summed E-state index contributed by atoms with van der Waals surface area (Å²) < 4.78 is 19.8. The van der Waals surface area contributed by atoms with Gasteiger partial charge in [-0.25, -0.2) is 4.39 Å². The molecule has 0 saturated carbocycles. The molecule has 1 aliphatic rings. The Balaban J connectivity index is 2.11. The highest BCUT2D eigenvalue weighted by molar-refractivity contribution is 9.10. The van der Waals surface area contributed by atoms with E-state index in [4.69, 9.17) is 4.74 Å². The average Bonchev–Trinajstić information content (AvgIpc) is 2.48. The first-order valence-electron chi connectivity index (χ1n) is 7.47. The Kier molecular flexibility index (Phi) is 6.46. The van der Waals surface area contributed by atoms with Crippen molar-refractivity contribution in [2.24, 2.45) is 5.92 Å². The van der Waals surface area contributed by atoms with Gasteiger partial charge in [0.25, 0.3) is 0 Å². The zero-order valence-corrected chi connectivity index (χ0v) is 13.6. The molecular weight excluding hydrogens is 321 g/mol. The normalized spacial score (nSPS) is 18.1. The zero-order chi connectivity index (χ0) is 14.4. The van der Waals surface area contributed by atoms with Gasteiger partial charge < -0.3 is 10.1 Å². The van der Waals surface area contributed by atoms with Gasteiger partial charge in [-0.2, -0.15) is 0 Å². The summed E-state index contributed by atoms with van der Waals surface area (Å²) in [6.45, 7) is 4.82. The van der Waals surface area contributed by atoms with Crippen molar-refractivity contribution < 1.29 is 9.13 Å². The highest BCUT2D eigenvalue weighted by atomic mass is 79.9. The standard InChI is InChI=1S/C16H23BrFNO/c1-2-8-19-15(11-12-6-9-20-10-7-12)13-4-3-5-14(18)16(13)17/h3-5,12,15,19H,2,6-11H2,1H3. The molecule has 1 aromatic rings. The Bertz CT molecular complexity index is 421. The van der Waals surface area contributed by atoms with Gasteiger partial charge >= 0.3 is 0 Å². The molecule has 0 aromatic heterocycles. The second-order valence-corrected chi connectivity index (χ2v) is 6.23. The summed E-state index contributed by atoms with van der Waals surface area (Å²) in [4.78, 5) is 0. The van der Waals surface area contributed by atoms with Crippen molar-refractivity contribution >= 4 is 15.9 Å². The van der Waals surface area contributed by atoms with E-state index >= 15 is 0 Å². The molecule has 1 aromatic carbocycles. The van der Waals surface area contributed by atoms with E-state index in [0.717, 1.165) is 51.0 Å². The van der Waals surface area contributed by atoms with E-state index in [9.17, 15) is 4.39 Å². The predicted octanol–water partition coefficient (Wildman–Crippen LogP) is 4.45. The molecule has 20 heavy (non-hydrogen) atoms. The smallest absolute Gasteiger partial charge is 0.137 e. The van der Waals surface area contributed by atoms with Crippen molar-refractivity contribution in [3.63, 3.8) is 0 Å². The van der Waals surface area contributed by atoms with E-state index in [2.05, 4.69) is 28.2 Å². The Morgan fingerprint density at radius 1 is 1.40 bits per heavy atom. The van der Waals surface area contributed by atoms with Gasteiger partial charge in [-0.3, -0.25) is 0 Å². The van der Waals surface area contributed by atoms with E-state index in [-0.39, 0.29) is 11.9 Å². The minimum Gasteiger partial charge on any atom is -0.381 e. The van der Waals surface area contributed by atoms with E-state index < -0.39 is 0 Å². The van der Waals surface area contributed by atoms with Crippen LogP contribution in [-0.2, 0) is 4.74 Å². The summed E-state index contributed by atoms with van der Waals surface area (Å²) in [5.41, 5.74) is 1.03. The lowest BCUT2D eigenvalue weighted by Crippen LogP contribution is -2.27. The average molecular weight is 344 g/mol.